The lowest BCUT2D eigenvalue weighted by Crippen LogP contribution is -2.48. The zero-order chi connectivity index (χ0) is 22.6. The Hall–Kier alpha value is -2.36. The molecule has 2 fully saturated rings. The molecule has 0 unspecified atom stereocenters. The minimum atomic E-state index is -0.0989. The SMILES string of the molecule is O=c1[nH]c2cc3c(cc2cc1CN(CCN1CCOCC1)C(=S)NC1CCCCC1)OCO3. The molecule has 0 radical (unpaired) electrons. The first-order valence-electron chi connectivity index (χ1n) is 12.0. The van der Waals surface area contributed by atoms with Crippen molar-refractivity contribution < 1.29 is 14.2 Å². The minimum Gasteiger partial charge on any atom is -0.454 e. The van der Waals surface area contributed by atoms with Gasteiger partial charge in [-0.05, 0) is 37.2 Å². The lowest BCUT2D eigenvalue weighted by Gasteiger charge is -2.33. The fourth-order valence-corrected chi connectivity index (χ4v) is 5.14. The van der Waals surface area contributed by atoms with Crippen molar-refractivity contribution in [2.24, 2.45) is 0 Å². The van der Waals surface area contributed by atoms with E-state index < -0.39 is 0 Å². The van der Waals surface area contributed by atoms with E-state index in [0.29, 0.717) is 29.6 Å². The highest BCUT2D eigenvalue weighted by molar-refractivity contribution is 7.80. The van der Waals surface area contributed by atoms with Gasteiger partial charge in [0.15, 0.2) is 16.6 Å². The predicted molar refractivity (Wildman–Crippen MR) is 131 cm³/mol. The summed E-state index contributed by atoms with van der Waals surface area (Å²) in [5.41, 5.74) is 1.34. The number of hydrogen-bond donors (Lipinski definition) is 2. The Morgan fingerprint density at radius 3 is 2.67 bits per heavy atom. The molecule has 1 saturated carbocycles. The van der Waals surface area contributed by atoms with Gasteiger partial charge in [0.05, 0.1) is 25.3 Å². The molecule has 0 bridgehead atoms. The van der Waals surface area contributed by atoms with Crippen LogP contribution in [0.5, 0.6) is 11.5 Å². The van der Waals surface area contributed by atoms with E-state index >= 15 is 0 Å². The van der Waals surface area contributed by atoms with Crippen LogP contribution < -0.4 is 20.3 Å². The average molecular weight is 473 g/mol. The van der Waals surface area contributed by atoms with E-state index in [1.165, 1.54) is 19.3 Å². The standard InChI is InChI=1S/C24H32N4O4S/c29-23-18(12-17-13-21-22(32-16-31-21)14-20(17)26-23)15-28(7-6-27-8-10-30-11-9-27)24(33)25-19-4-2-1-3-5-19/h12-14,19H,1-11,15-16H2,(H,25,33)(H,26,29). The molecule has 1 aliphatic carbocycles. The maximum absolute atomic E-state index is 12.9. The first-order chi connectivity index (χ1) is 16.2. The van der Waals surface area contributed by atoms with Crippen molar-refractivity contribution in [2.45, 2.75) is 44.7 Å². The number of thiocarbonyl (C=S) groups is 1. The van der Waals surface area contributed by atoms with Crippen LogP contribution in [0.1, 0.15) is 37.7 Å². The summed E-state index contributed by atoms with van der Waals surface area (Å²) in [5, 5.41) is 5.24. The molecule has 33 heavy (non-hydrogen) atoms. The summed E-state index contributed by atoms with van der Waals surface area (Å²) in [6.45, 7) is 5.72. The first-order valence-corrected chi connectivity index (χ1v) is 12.4. The van der Waals surface area contributed by atoms with Crippen molar-refractivity contribution >= 4 is 28.2 Å². The highest BCUT2D eigenvalue weighted by Crippen LogP contribution is 2.35. The van der Waals surface area contributed by atoms with Gasteiger partial charge in [0.2, 0.25) is 6.79 Å². The third kappa shape index (κ3) is 5.42. The Morgan fingerprint density at radius 2 is 1.88 bits per heavy atom. The molecular formula is C24H32N4O4S. The van der Waals surface area contributed by atoms with E-state index in [4.69, 9.17) is 26.4 Å². The number of morpholine rings is 1. The van der Waals surface area contributed by atoms with Crippen LogP contribution in [0.2, 0.25) is 0 Å². The first kappa shape index (κ1) is 22.4. The fourth-order valence-electron chi connectivity index (χ4n) is 4.82. The molecule has 3 aliphatic rings. The minimum absolute atomic E-state index is 0.0989. The third-order valence-electron chi connectivity index (χ3n) is 6.79. The Bertz CT molecular complexity index is 1050. The number of aromatic nitrogens is 1. The number of rotatable bonds is 6. The van der Waals surface area contributed by atoms with E-state index in [0.717, 1.165) is 68.2 Å². The van der Waals surface area contributed by atoms with Gasteiger partial charge in [-0.1, -0.05) is 19.3 Å². The summed E-state index contributed by atoms with van der Waals surface area (Å²) >= 11 is 5.85. The predicted octanol–water partition coefficient (Wildman–Crippen LogP) is 2.60. The summed E-state index contributed by atoms with van der Waals surface area (Å²) in [6, 6.07) is 6.12. The van der Waals surface area contributed by atoms with E-state index in [2.05, 4.69) is 20.1 Å². The molecule has 2 N–H and O–H groups in total. The molecule has 0 amide bonds. The van der Waals surface area contributed by atoms with E-state index in [9.17, 15) is 4.79 Å². The van der Waals surface area contributed by atoms with Crippen molar-refractivity contribution in [1.29, 1.82) is 0 Å². The van der Waals surface area contributed by atoms with Crippen LogP contribution in [-0.4, -0.2) is 72.1 Å². The monoisotopic (exact) mass is 472 g/mol. The van der Waals surface area contributed by atoms with Crippen molar-refractivity contribution in [1.82, 2.24) is 20.1 Å². The van der Waals surface area contributed by atoms with E-state index in [1.807, 2.05) is 18.2 Å². The lowest BCUT2D eigenvalue weighted by molar-refractivity contribution is 0.0356. The highest BCUT2D eigenvalue weighted by atomic mass is 32.1. The molecule has 2 aromatic rings. The van der Waals surface area contributed by atoms with Crippen LogP contribution in [0.3, 0.4) is 0 Å². The van der Waals surface area contributed by atoms with Gasteiger partial charge < -0.3 is 29.4 Å². The van der Waals surface area contributed by atoms with Gasteiger partial charge in [0.25, 0.3) is 5.56 Å². The summed E-state index contributed by atoms with van der Waals surface area (Å²) in [4.78, 5) is 20.5. The number of nitrogens with one attached hydrogen (secondary N) is 2. The zero-order valence-electron chi connectivity index (χ0n) is 18.9. The number of benzene rings is 1. The van der Waals surface area contributed by atoms with Crippen LogP contribution in [0, 0.1) is 0 Å². The number of H-pyrrole nitrogens is 1. The number of fused-ring (bicyclic) bond motifs is 2. The molecule has 1 aromatic heterocycles. The van der Waals surface area contributed by atoms with Gasteiger partial charge >= 0.3 is 0 Å². The second-order valence-electron chi connectivity index (χ2n) is 9.08. The van der Waals surface area contributed by atoms with Gasteiger partial charge in [-0.25, -0.2) is 0 Å². The highest BCUT2D eigenvalue weighted by Gasteiger charge is 2.21. The molecule has 3 heterocycles. The third-order valence-corrected chi connectivity index (χ3v) is 7.16. The largest absolute Gasteiger partial charge is 0.454 e. The van der Waals surface area contributed by atoms with Gasteiger partial charge in [0.1, 0.15) is 0 Å². The van der Waals surface area contributed by atoms with Gasteiger partial charge in [0, 0.05) is 49.2 Å². The molecular weight excluding hydrogens is 440 g/mol. The molecule has 1 aromatic carbocycles. The molecule has 0 spiro atoms. The molecule has 8 nitrogen and oxygen atoms in total. The van der Waals surface area contributed by atoms with Crippen LogP contribution in [0.15, 0.2) is 23.0 Å². The summed E-state index contributed by atoms with van der Waals surface area (Å²) in [7, 11) is 0. The molecule has 178 valence electrons. The number of ether oxygens (including phenoxy) is 3. The summed E-state index contributed by atoms with van der Waals surface area (Å²) in [5.74, 6) is 1.37. The Morgan fingerprint density at radius 1 is 1.12 bits per heavy atom. The number of hydrogen-bond acceptors (Lipinski definition) is 6. The lowest BCUT2D eigenvalue weighted by atomic mass is 9.96. The Balaban J connectivity index is 1.34. The second-order valence-corrected chi connectivity index (χ2v) is 9.46. The second kappa shape index (κ2) is 10.3. The average Bonchev–Trinajstić information content (AvgIpc) is 3.29. The maximum atomic E-state index is 12.9. The zero-order valence-corrected chi connectivity index (χ0v) is 19.8. The van der Waals surface area contributed by atoms with Crippen LogP contribution in [0.4, 0.5) is 0 Å². The van der Waals surface area contributed by atoms with Crippen molar-refractivity contribution in [2.75, 3.05) is 46.2 Å². The Labute approximate surface area is 199 Å². The van der Waals surface area contributed by atoms with Crippen LogP contribution in [-0.2, 0) is 11.3 Å². The van der Waals surface area contributed by atoms with Gasteiger partial charge in [-0.3, -0.25) is 9.69 Å². The van der Waals surface area contributed by atoms with Crippen molar-refractivity contribution in [3.05, 3.63) is 34.1 Å². The smallest absolute Gasteiger partial charge is 0.253 e. The van der Waals surface area contributed by atoms with Crippen molar-refractivity contribution in [3.63, 3.8) is 0 Å². The normalized spacial score (nSPS) is 19.0. The van der Waals surface area contributed by atoms with Gasteiger partial charge in [-0.15, -0.1) is 0 Å². The van der Waals surface area contributed by atoms with Crippen LogP contribution >= 0.6 is 12.2 Å². The molecule has 0 atom stereocenters. The molecule has 2 aliphatic heterocycles. The fraction of sp³-hybridized carbons (Fsp3) is 0.583. The summed E-state index contributed by atoms with van der Waals surface area (Å²) in [6.07, 6.45) is 6.10. The molecule has 9 heteroatoms. The topological polar surface area (TPSA) is 79.1 Å². The van der Waals surface area contributed by atoms with E-state index in [-0.39, 0.29) is 12.4 Å². The number of nitrogens with zero attached hydrogens (tertiary/aromatic N) is 2. The maximum Gasteiger partial charge on any atom is 0.253 e. The molecule has 5 rings (SSSR count). The van der Waals surface area contributed by atoms with Crippen molar-refractivity contribution in [3.8, 4) is 11.5 Å². The number of pyridine rings is 1. The number of aromatic amines is 1. The van der Waals surface area contributed by atoms with Gasteiger partial charge in [-0.2, -0.15) is 0 Å². The quantitative estimate of drug-likeness (QED) is 0.622. The summed E-state index contributed by atoms with van der Waals surface area (Å²) < 4.78 is 16.4. The van der Waals surface area contributed by atoms with Crippen LogP contribution in [0.25, 0.3) is 10.9 Å². The Kier molecular flexibility index (Phi) is 6.99. The van der Waals surface area contributed by atoms with E-state index in [1.54, 1.807) is 0 Å². The molecule has 1 saturated heterocycles.